The summed E-state index contributed by atoms with van der Waals surface area (Å²) in [6, 6.07) is 5.70. The van der Waals surface area contributed by atoms with E-state index >= 15 is 0 Å². The largest absolute Gasteiger partial charge is 0.478 e. The number of carboxylic acids is 1. The van der Waals surface area contributed by atoms with E-state index in [9.17, 15) is 9.90 Å². The molecule has 2 aromatic rings. The zero-order valence-electron chi connectivity index (χ0n) is 10.8. The van der Waals surface area contributed by atoms with Crippen LogP contribution >= 0.6 is 11.8 Å². The zero-order chi connectivity index (χ0) is 13.4. The van der Waals surface area contributed by atoms with E-state index in [1.165, 1.54) is 0 Å². The number of nitrogens with zero attached hydrogens (tertiary/aromatic N) is 2. The van der Waals surface area contributed by atoms with Crippen LogP contribution in [0.1, 0.15) is 35.1 Å². The minimum Gasteiger partial charge on any atom is -0.478 e. The highest BCUT2D eigenvalue weighted by Crippen LogP contribution is 2.32. The van der Waals surface area contributed by atoms with Crippen LogP contribution in [0.2, 0.25) is 0 Å². The molecule has 0 aliphatic carbocycles. The van der Waals surface area contributed by atoms with Crippen molar-refractivity contribution in [2.45, 2.75) is 25.8 Å². The summed E-state index contributed by atoms with van der Waals surface area (Å²) in [6.07, 6.45) is 2.18. The second kappa shape index (κ2) is 4.89. The average molecular weight is 276 g/mol. The molecule has 1 aliphatic rings. The van der Waals surface area contributed by atoms with Crippen molar-refractivity contribution in [2.75, 3.05) is 11.5 Å². The van der Waals surface area contributed by atoms with Gasteiger partial charge in [-0.3, -0.25) is 0 Å². The lowest BCUT2D eigenvalue weighted by atomic mass is 10.1. The lowest BCUT2D eigenvalue weighted by molar-refractivity contribution is 0.0698. The van der Waals surface area contributed by atoms with Crippen LogP contribution < -0.4 is 0 Å². The predicted octanol–water partition coefficient (Wildman–Crippen LogP) is 3.11. The summed E-state index contributed by atoms with van der Waals surface area (Å²) in [4.78, 5) is 15.9. The van der Waals surface area contributed by atoms with Gasteiger partial charge in [0.05, 0.1) is 16.6 Å². The maximum absolute atomic E-state index is 11.4. The second-order valence-corrected chi connectivity index (χ2v) is 6.08. The summed E-state index contributed by atoms with van der Waals surface area (Å²) in [5, 5.41) is 9.37. The Morgan fingerprint density at radius 3 is 2.84 bits per heavy atom. The molecule has 0 spiro atoms. The first kappa shape index (κ1) is 12.5. The lowest BCUT2D eigenvalue weighted by Gasteiger charge is -2.25. The van der Waals surface area contributed by atoms with Gasteiger partial charge in [-0.2, -0.15) is 11.8 Å². The van der Waals surface area contributed by atoms with E-state index in [0.29, 0.717) is 11.6 Å². The van der Waals surface area contributed by atoms with Gasteiger partial charge in [0.1, 0.15) is 5.82 Å². The Bertz CT molecular complexity index is 630. The summed E-state index contributed by atoms with van der Waals surface area (Å²) in [6.45, 7) is 1.97. The van der Waals surface area contributed by atoms with Gasteiger partial charge in [-0.05, 0) is 43.4 Å². The van der Waals surface area contributed by atoms with Gasteiger partial charge in [0.2, 0.25) is 0 Å². The highest BCUT2D eigenvalue weighted by Gasteiger charge is 2.23. The normalized spacial score (nSPS) is 16.9. The Kier molecular flexibility index (Phi) is 3.22. The molecule has 1 saturated heterocycles. The number of hydrogen-bond acceptors (Lipinski definition) is 3. The third kappa shape index (κ3) is 2.12. The van der Waals surface area contributed by atoms with Crippen LogP contribution in [-0.4, -0.2) is 32.1 Å². The SMILES string of the molecule is Cc1nc2cccc(C(=O)O)c2n1C1CCSCC1. The van der Waals surface area contributed by atoms with Gasteiger partial charge < -0.3 is 9.67 Å². The molecule has 0 unspecified atom stereocenters. The number of imidazole rings is 1. The van der Waals surface area contributed by atoms with Crippen LogP contribution in [0.5, 0.6) is 0 Å². The number of carbonyl (C=O) groups is 1. The van der Waals surface area contributed by atoms with Gasteiger partial charge in [-0.15, -0.1) is 0 Å². The van der Waals surface area contributed by atoms with Crippen LogP contribution in [0, 0.1) is 6.92 Å². The van der Waals surface area contributed by atoms with E-state index in [1.54, 1.807) is 12.1 Å². The fourth-order valence-electron chi connectivity index (χ4n) is 2.83. The first-order chi connectivity index (χ1) is 9.18. The van der Waals surface area contributed by atoms with Crippen molar-refractivity contribution in [1.82, 2.24) is 9.55 Å². The van der Waals surface area contributed by atoms with E-state index in [-0.39, 0.29) is 0 Å². The minimum atomic E-state index is -0.878. The molecule has 19 heavy (non-hydrogen) atoms. The molecule has 5 heteroatoms. The maximum atomic E-state index is 11.4. The Hall–Kier alpha value is -1.49. The number of thioether (sulfide) groups is 1. The summed E-state index contributed by atoms with van der Waals surface area (Å²) < 4.78 is 2.14. The number of hydrogen-bond donors (Lipinski definition) is 1. The van der Waals surface area contributed by atoms with E-state index in [0.717, 1.165) is 41.2 Å². The molecular weight excluding hydrogens is 260 g/mol. The van der Waals surface area contributed by atoms with E-state index in [2.05, 4.69) is 9.55 Å². The molecule has 1 aromatic carbocycles. The van der Waals surface area contributed by atoms with Gasteiger partial charge in [0.25, 0.3) is 0 Å². The molecule has 4 nitrogen and oxygen atoms in total. The van der Waals surface area contributed by atoms with Gasteiger partial charge in [-0.25, -0.2) is 9.78 Å². The second-order valence-electron chi connectivity index (χ2n) is 4.85. The summed E-state index contributed by atoms with van der Waals surface area (Å²) in [7, 11) is 0. The molecule has 0 bridgehead atoms. The van der Waals surface area contributed by atoms with E-state index in [4.69, 9.17) is 0 Å². The minimum absolute atomic E-state index is 0.358. The fraction of sp³-hybridized carbons (Fsp3) is 0.429. The lowest BCUT2D eigenvalue weighted by Crippen LogP contribution is -2.17. The predicted molar refractivity (Wildman–Crippen MR) is 77.0 cm³/mol. The highest BCUT2D eigenvalue weighted by molar-refractivity contribution is 7.99. The number of carboxylic acid groups (broad SMARTS) is 1. The van der Waals surface area contributed by atoms with Crippen molar-refractivity contribution in [3.05, 3.63) is 29.6 Å². The summed E-state index contributed by atoms with van der Waals surface area (Å²) >= 11 is 1.97. The molecule has 100 valence electrons. The molecule has 1 aromatic heterocycles. The molecule has 1 N–H and O–H groups in total. The maximum Gasteiger partial charge on any atom is 0.337 e. The standard InChI is InChI=1S/C14H16N2O2S/c1-9-15-12-4-2-3-11(14(17)18)13(12)16(9)10-5-7-19-8-6-10/h2-4,10H,5-8H2,1H3,(H,17,18). The molecular formula is C14H16N2O2S. The van der Waals surface area contributed by atoms with Crippen LogP contribution in [0.25, 0.3) is 11.0 Å². The van der Waals surface area contributed by atoms with Crippen molar-refractivity contribution >= 4 is 28.8 Å². The van der Waals surface area contributed by atoms with Gasteiger partial charge >= 0.3 is 5.97 Å². The molecule has 2 heterocycles. The first-order valence-electron chi connectivity index (χ1n) is 6.47. The quantitative estimate of drug-likeness (QED) is 0.915. The third-order valence-electron chi connectivity index (χ3n) is 3.67. The van der Waals surface area contributed by atoms with Gasteiger partial charge in [0.15, 0.2) is 0 Å². The molecule has 0 atom stereocenters. The van der Waals surface area contributed by atoms with Gasteiger partial charge in [0, 0.05) is 6.04 Å². The van der Waals surface area contributed by atoms with Crippen molar-refractivity contribution < 1.29 is 9.90 Å². The first-order valence-corrected chi connectivity index (χ1v) is 7.62. The Balaban J connectivity index is 2.21. The topological polar surface area (TPSA) is 55.1 Å². The summed E-state index contributed by atoms with van der Waals surface area (Å²) in [5.74, 6) is 2.32. The fourth-order valence-corrected chi connectivity index (χ4v) is 3.91. The van der Waals surface area contributed by atoms with E-state index < -0.39 is 5.97 Å². The molecule has 3 rings (SSSR count). The van der Waals surface area contributed by atoms with Crippen molar-refractivity contribution in [2.24, 2.45) is 0 Å². The van der Waals surface area contributed by atoms with Crippen LogP contribution in [0.15, 0.2) is 18.2 Å². The number of aromatic carboxylic acids is 1. The van der Waals surface area contributed by atoms with Crippen molar-refractivity contribution in [3.8, 4) is 0 Å². The number of fused-ring (bicyclic) bond motifs is 1. The monoisotopic (exact) mass is 276 g/mol. The number of rotatable bonds is 2. The Morgan fingerprint density at radius 1 is 1.42 bits per heavy atom. The number of para-hydroxylation sites is 1. The smallest absolute Gasteiger partial charge is 0.337 e. The average Bonchev–Trinajstić information content (AvgIpc) is 2.75. The molecule has 0 saturated carbocycles. The zero-order valence-corrected chi connectivity index (χ0v) is 11.6. The van der Waals surface area contributed by atoms with E-state index in [1.807, 2.05) is 24.8 Å². The van der Waals surface area contributed by atoms with Crippen LogP contribution in [0.3, 0.4) is 0 Å². The number of benzene rings is 1. The van der Waals surface area contributed by atoms with Crippen molar-refractivity contribution in [1.29, 1.82) is 0 Å². The third-order valence-corrected chi connectivity index (χ3v) is 4.72. The molecule has 1 fully saturated rings. The molecule has 0 radical (unpaired) electrons. The Morgan fingerprint density at radius 2 is 2.16 bits per heavy atom. The number of aromatic nitrogens is 2. The highest BCUT2D eigenvalue weighted by atomic mass is 32.2. The summed E-state index contributed by atoms with van der Waals surface area (Å²) in [5.41, 5.74) is 1.93. The molecule has 1 aliphatic heterocycles. The van der Waals surface area contributed by atoms with Crippen LogP contribution in [0.4, 0.5) is 0 Å². The number of aryl methyl sites for hydroxylation is 1. The molecule has 0 amide bonds. The Labute approximate surface area is 115 Å². The van der Waals surface area contributed by atoms with Crippen molar-refractivity contribution in [3.63, 3.8) is 0 Å². The van der Waals surface area contributed by atoms with Crippen LogP contribution in [-0.2, 0) is 0 Å². The van der Waals surface area contributed by atoms with Gasteiger partial charge in [-0.1, -0.05) is 6.07 Å².